The molecule has 1 N–H and O–H groups in total. The maximum Gasteiger partial charge on any atom is 0.407 e. The first-order chi connectivity index (χ1) is 22.1. The highest BCUT2D eigenvalue weighted by molar-refractivity contribution is 5.94. The molecule has 4 heterocycles. The number of amides is 2. The molecule has 2 amide bonds. The Hall–Kier alpha value is -4.36. The Morgan fingerprint density at radius 2 is 1.72 bits per heavy atom. The van der Waals surface area contributed by atoms with E-state index in [1.165, 1.54) is 12.4 Å². The van der Waals surface area contributed by atoms with Crippen LogP contribution in [0, 0.1) is 11.6 Å². The minimum atomic E-state index is -0.735. The Bertz CT molecular complexity index is 1560. The van der Waals surface area contributed by atoms with Crippen molar-refractivity contribution in [2.45, 2.75) is 90.3 Å². The van der Waals surface area contributed by atoms with Crippen LogP contribution in [0.1, 0.15) is 89.0 Å². The molecule has 0 bridgehead atoms. The van der Waals surface area contributed by atoms with Gasteiger partial charge in [-0.25, -0.2) is 23.5 Å². The molecule has 0 unspecified atom stereocenters. The summed E-state index contributed by atoms with van der Waals surface area (Å²) in [4.78, 5) is 45.4. The normalized spacial score (nSPS) is 19.2. The van der Waals surface area contributed by atoms with Crippen LogP contribution < -0.4 is 15.1 Å². The van der Waals surface area contributed by atoms with Gasteiger partial charge in [-0.2, -0.15) is 4.98 Å². The van der Waals surface area contributed by atoms with Crippen LogP contribution in [-0.2, 0) is 10.2 Å². The van der Waals surface area contributed by atoms with E-state index in [1.807, 2.05) is 32.6 Å². The maximum absolute atomic E-state index is 14.9. The van der Waals surface area contributed by atoms with Gasteiger partial charge >= 0.3 is 12.1 Å². The van der Waals surface area contributed by atoms with Gasteiger partial charge in [0.05, 0.1) is 11.6 Å². The summed E-state index contributed by atoms with van der Waals surface area (Å²) >= 11 is 0. The molecule has 2 aromatic heterocycles. The van der Waals surface area contributed by atoms with E-state index in [-0.39, 0.29) is 36.0 Å². The van der Waals surface area contributed by atoms with E-state index >= 15 is 0 Å². The van der Waals surface area contributed by atoms with Gasteiger partial charge in [0.1, 0.15) is 17.2 Å². The molecule has 14 heteroatoms. The van der Waals surface area contributed by atoms with Crippen molar-refractivity contribution < 1.29 is 27.6 Å². The number of anilines is 2. The van der Waals surface area contributed by atoms with Crippen LogP contribution in [-0.4, -0.2) is 87.4 Å². The number of halogens is 2. The van der Waals surface area contributed by atoms with Gasteiger partial charge in [-0.1, -0.05) is 25.9 Å². The van der Waals surface area contributed by atoms with Crippen molar-refractivity contribution in [2.75, 3.05) is 42.5 Å². The zero-order valence-electron chi connectivity index (χ0n) is 28.1. The van der Waals surface area contributed by atoms with Gasteiger partial charge in [-0.15, -0.1) is 0 Å². The summed E-state index contributed by atoms with van der Waals surface area (Å²) in [6.07, 6.45) is 3.79. The van der Waals surface area contributed by atoms with E-state index < -0.39 is 35.3 Å². The van der Waals surface area contributed by atoms with Crippen molar-refractivity contribution in [3.63, 3.8) is 0 Å². The summed E-state index contributed by atoms with van der Waals surface area (Å²) in [5, 5.41) is 6.94. The molecule has 5 rings (SSSR count). The number of nitrogens with one attached hydrogen (secondary N) is 1. The number of aromatic nitrogens is 4. The average Bonchev–Trinajstić information content (AvgIpc) is 3.67. The zero-order chi connectivity index (χ0) is 34.1. The monoisotopic (exact) mass is 654 g/mol. The van der Waals surface area contributed by atoms with Crippen LogP contribution in [0.2, 0.25) is 0 Å². The van der Waals surface area contributed by atoms with E-state index in [9.17, 15) is 18.4 Å². The van der Waals surface area contributed by atoms with Crippen molar-refractivity contribution in [2.24, 2.45) is 0 Å². The largest absolute Gasteiger partial charge is 0.444 e. The molecule has 0 spiro atoms. The highest BCUT2D eigenvalue weighted by Crippen LogP contribution is 2.32. The SMILES string of the molecule is CCN(C(=O)c1cnc(N2C[C@H](NC(=O)OC(C)(C)C)[C@@H](c3cc(F)ccc3F)C2)nc1)C1CCN(c2nc(C(C)(C)C)no2)CC1. The molecule has 47 heavy (non-hydrogen) atoms. The standard InChI is InChI=1S/C33H44F2N8O4/c1-8-43(22-11-13-41(14-12-22)30-39-28(40-47-30)32(2,3)4)27(44)20-16-36-29(37-17-20)42-18-24(23-15-21(34)9-10-25(23)35)26(19-42)38-31(45)46-33(5,6)7/h9-10,15-17,22,24,26H,8,11-14,18-19H2,1-7H3,(H,38,45)/t24-,26+/m1/s1. The van der Waals surface area contributed by atoms with Crippen molar-refractivity contribution >= 4 is 24.0 Å². The zero-order valence-corrected chi connectivity index (χ0v) is 28.1. The number of hydrogen-bond donors (Lipinski definition) is 1. The minimum Gasteiger partial charge on any atom is -0.444 e. The van der Waals surface area contributed by atoms with E-state index in [2.05, 4.69) is 30.3 Å². The summed E-state index contributed by atoms with van der Waals surface area (Å²) < 4.78 is 40.0. The first kappa shape index (κ1) is 34.0. The summed E-state index contributed by atoms with van der Waals surface area (Å²) in [6.45, 7) is 15.6. The van der Waals surface area contributed by atoms with Crippen LogP contribution in [0.15, 0.2) is 35.1 Å². The Balaban J connectivity index is 1.26. The fourth-order valence-corrected chi connectivity index (χ4v) is 6.03. The third kappa shape index (κ3) is 7.96. The molecule has 1 aromatic carbocycles. The van der Waals surface area contributed by atoms with E-state index in [4.69, 9.17) is 9.26 Å². The van der Waals surface area contributed by atoms with Crippen LogP contribution >= 0.6 is 0 Å². The van der Waals surface area contributed by atoms with Crippen LogP contribution in [0.4, 0.5) is 25.5 Å². The molecule has 254 valence electrons. The summed E-state index contributed by atoms with van der Waals surface area (Å²) in [6, 6.07) is 3.18. The summed E-state index contributed by atoms with van der Waals surface area (Å²) in [7, 11) is 0. The van der Waals surface area contributed by atoms with Crippen LogP contribution in [0.5, 0.6) is 0 Å². The van der Waals surface area contributed by atoms with Gasteiger partial charge < -0.3 is 29.3 Å². The van der Waals surface area contributed by atoms with Crippen molar-refractivity contribution in [1.29, 1.82) is 0 Å². The molecule has 0 saturated carbocycles. The fraction of sp³-hybridized carbons (Fsp3) is 0.576. The molecule has 0 radical (unpaired) electrons. The Labute approximate surface area is 273 Å². The van der Waals surface area contributed by atoms with Gasteiger partial charge in [0.2, 0.25) is 5.95 Å². The number of ether oxygens (including phenoxy) is 1. The summed E-state index contributed by atoms with van der Waals surface area (Å²) in [5.41, 5.74) is -0.461. The topological polar surface area (TPSA) is 130 Å². The average molecular weight is 655 g/mol. The summed E-state index contributed by atoms with van der Waals surface area (Å²) in [5.74, 6) is -0.960. The highest BCUT2D eigenvalue weighted by atomic mass is 19.1. The van der Waals surface area contributed by atoms with Crippen molar-refractivity contribution in [3.8, 4) is 0 Å². The minimum absolute atomic E-state index is 0.0219. The van der Waals surface area contributed by atoms with Gasteiger partial charge in [-0.05, 0) is 64.3 Å². The number of nitrogens with zero attached hydrogens (tertiary/aromatic N) is 7. The predicted octanol–water partition coefficient (Wildman–Crippen LogP) is 5.06. The molecule has 0 aliphatic carbocycles. The number of piperidine rings is 1. The van der Waals surface area contributed by atoms with Gasteiger partial charge in [0.25, 0.3) is 5.91 Å². The van der Waals surface area contributed by atoms with Crippen LogP contribution in [0.25, 0.3) is 0 Å². The second kappa shape index (κ2) is 13.4. The number of carbonyl (C=O) groups excluding carboxylic acids is 2. The van der Waals surface area contributed by atoms with Gasteiger partial charge in [0.15, 0.2) is 5.82 Å². The Kier molecular flexibility index (Phi) is 9.69. The molecule has 2 aliphatic heterocycles. The van der Waals surface area contributed by atoms with Crippen LogP contribution in [0.3, 0.4) is 0 Å². The van der Waals surface area contributed by atoms with Crippen molar-refractivity contribution in [3.05, 3.63) is 59.2 Å². The highest BCUT2D eigenvalue weighted by Gasteiger charge is 2.39. The van der Waals surface area contributed by atoms with E-state index in [1.54, 1.807) is 25.7 Å². The number of rotatable bonds is 7. The molecule has 2 fully saturated rings. The van der Waals surface area contributed by atoms with E-state index in [0.717, 1.165) is 31.0 Å². The second-order valence-corrected chi connectivity index (χ2v) is 14.2. The molecule has 2 aliphatic rings. The maximum atomic E-state index is 14.9. The molecular weight excluding hydrogens is 610 g/mol. The van der Waals surface area contributed by atoms with Gasteiger partial charge in [0, 0.05) is 62.5 Å². The van der Waals surface area contributed by atoms with E-state index in [0.29, 0.717) is 43.0 Å². The third-order valence-corrected chi connectivity index (χ3v) is 8.41. The number of carbonyl (C=O) groups is 2. The predicted molar refractivity (Wildman–Crippen MR) is 171 cm³/mol. The van der Waals surface area contributed by atoms with Crippen molar-refractivity contribution in [1.82, 2.24) is 30.3 Å². The second-order valence-electron chi connectivity index (χ2n) is 14.2. The molecule has 12 nitrogen and oxygen atoms in total. The lowest BCUT2D eigenvalue weighted by molar-refractivity contribution is 0.0504. The molecule has 3 aromatic rings. The number of benzene rings is 1. The smallest absolute Gasteiger partial charge is 0.407 e. The lowest BCUT2D eigenvalue weighted by Gasteiger charge is -2.37. The third-order valence-electron chi connectivity index (χ3n) is 8.41. The van der Waals surface area contributed by atoms with Gasteiger partial charge in [-0.3, -0.25) is 4.79 Å². The number of alkyl carbamates (subject to hydrolysis) is 1. The number of hydrogen-bond acceptors (Lipinski definition) is 10. The lowest BCUT2D eigenvalue weighted by atomic mass is 9.94. The first-order valence-corrected chi connectivity index (χ1v) is 16.0. The quantitative estimate of drug-likeness (QED) is 0.369. The Morgan fingerprint density at radius 3 is 2.32 bits per heavy atom. The first-order valence-electron chi connectivity index (χ1n) is 16.0. The lowest BCUT2D eigenvalue weighted by Crippen LogP contribution is -2.47. The fourth-order valence-electron chi connectivity index (χ4n) is 6.03. The molecule has 2 atom stereocenters. The molecular formula is C33H44F2N8O4. The molecule has 2 saturated heterocycles. The Morgan fingerprint density at radius 1 is 1.04 bits per heavy atom.